The average Bonchev–Trinajstić information content (AvgIpc) is 2.73. The Morgan fingerprint density at radius 2 is 1.63 bits per heavy atom. The number of nitrogens with one attached hydrogen (secondary N) is 1. The largest absolute Gasteiger partial charge is 0.468 e. The third kappa shape index (κ3) is 6.14. The van der Waals surface area contributed by atoms with Crippen molar-refractivity contribution < 1.29 is 19.1 Å². The molecule has 3 aliphatic rings. The third-order valence-corrected chi connectivity index (χ3v) is 6.05. The van der Waals surface area contributed by atoms with Gasteiger partial charge in [-0.2, -0.15) is 0 Å². The van der Waals surface area contributed by atoms with Crippen LogP contribution in [0.15, 0.2) is 0 Å². The van der Waals surface area contributed by atoms with Gasteiger partial charge in [0.25, 0.3) is 0 Å². The number of hydrogen-bond acceptors (Lipinski definition) is 7. The highest BCUT2D eigenvalue weighted by molar-refractivity contribution is 5.77. The highest BCUT2D eigenvalue weighted by Crippen LogP contribution is 2.16. The number of carbonyl (C=O) groups is 2. The number of amides is 1. The van der Waals surface area contributed by atoms with Crippen molar-refractivity contribution in [3.05, 3.63) is 0 Å². The van der Waals surface area contributed by atoms with Gasteiger partial charge in [0, 0.05) is 45.3 Å². The standard InChI is InChI=1S/C19H34N4O4/c1-26-19(25)14-21-8-4-17(5-9-21)27-15-18(24)23-12-10-22(11-13-23)16-2-6-20-7-3-16/h16-17,20H,2-15H2,1H3. The van der Waals surface area contributed by atoms with Crippen LogP contribution in [-0.2, 0) is 19.1 Å². The lowest BCUT2D eigenvalue weighted by Gasteiger charge is -2.41. The molecular formula is C19H34N4O4. The molecule has 1 N–H and O–H groups in total. The first-order valence-electron chi connectivity index (χ1n) is 10.3. The third-order valence-electron chi connectivity index (χ3n) is 6.05. The minimum absolute atomic E-state index is 0.108. The minimum Gasteiger partial charge on any atom is -0.468 e. The fraction of sp³-hybridized carbons (Fsp3) is 0.895. The van der Waals surface area contributed by atoms with E-state index in [1.54, 1.807) is 0 Å². The molecule has 0 aromatic rings. The zero-order valence-corrected chi connectivity index (χ0v) is 16.5. The Labute approximate surface area is 162 Å². The lowest BCUT2D eigenvalue weighted by Crippen LogP contribution is -2.54. The Balaban J connectivity index is 1.30. The number of piperidine rings is 2. The summed E-state index contributed by atoms with van der Waals surface area (Å²) in [5.41, 5.74) is 0. The average molecular weight is 383 g/mol. The molecule has 27 heavy (non-hydrogen) atoms. The van der Waals surface area contributed by atoms with Crippen molar-refractivity contribution in [1.29, 1.82) is 0 Å². The van der Waals surface area contributed by atoms with E-state index in [1.807, 2.05) is 4.90 Å². The number of rotatable bonds is 6. The summed E-state index contributed by atoms with van der Waals surface area (Å²) in [6.07, 6.45) is 4.25. The molecule has 1 amide bonds. The molecule has 0 saturated carbocycles. The molecule has 3 aliphatic heterocycles. The molecule has 0 unspecified atom stereocenters. The summed E-state index contributed by atoms with van der Waals surface area (Å²) in [4.78, 5) is 30.4. The lowest BCUT2D eigenvalue weighted by atomic mass is 10.0. The van der Waals surface area contributed by atoms with Crippen LogP contribution in [0.1, 0.15) is 25.7 Å². The normalized spacial score (nSPS) is 24.1. The quantitative estimate of drug-likeness (QED) is 0.623. The molecule has 3 saturated heterocycles. The first kappa shape index (κ1) is 20.5. The monoisotopic (exact) mass is 382 g/mol. The zero-order chi connectivity index (χ0) is 19.1. The van der Waals surface area contributed by atoms with Gasteiger partial charge in [-0.15, -0.1) is 0 Å². The van der Waals surface area contributed by atoms with E-state index >= 15 is 0 Å². The molecule has 0 atom stereocenters. The Bertz CT molecular complexity index is 482. The predicted octanol–water partition coefficient (Wildman–Crippen LogP) is -0.463. The van der Waals surface area contributed by atoms with Gasteiger partial charge in [0.05, 0.1) is 19.8 Å². The summed E-state index contributed by atoms with van der Waals surface area (Å²) in [6, 6.07) is 0.676. The van der Waals surface area contributed by atoms with Crippen LogP contribution < -0.4 is 5.32 Å². The predicted molar refractivity (Wildman–Crippen MR) is 101 cm³/mol. The summed E-state index contributed by atoms with van der Waals surface area (Å²) in [6.45, 7) is 7.91. The molecule has 0 aromatic carbocycles. The van der Waals surface area contributed by atoms with E-state index in [4.69, 9.17) is 9.47 Å². The number of carbonyl (C=O) groups excluding carboxylic acids is 2. The van der Waals surface area contributed by atoms with E-state index in [0.717, 1.165) is 65.2 Å². The second-order valence-electron chi connectivity index (χ2n) is 7.76. The van der Waals surface area contributed by atoms with E-state index in [0.29, 0.717) is 12.6 Å². The number of nitrogens with zero attached hydrogens (tertiary/aromatic N) is 3. The number of piperazine rings is 1. The molecule has 0 bridgehead atoms. The van der Waals surface area contributed by atoms with Gasteiger partial charge in [0.1, 0.15) is 6.61 Å². The van der Waals surface area contributed by atoms with Crippen molar-refractivity contribution >= 4 is 11.9 Å². The molecule has 0 radical (unpaired) electrons. The molecule has 8 nitrogen and oxygen atoms in total. The molecule has 3 fully saturated rings. The van der Waals surface area contributed by atoms with Crippen LogP contribution in [-0.4, -0.2) is 111 Å². The highest BCUT2D eigenvalue weighted by Gasteiger charge is 2.28. The van der Waals surface area contributed by atoms with Crippen LogP contribution >= 0.6 is 0 Å². The van der Waals surface area contributed by atoms with E-state index < -0.39 is 0 Å². The number of methoxy groups -OCH3 is 1. The second-order valence-corrected chi connectivity index (χ2v) is 7.76. The van der Waals surface area contributed by atoms with Crippen molar-refractivity contribution in [2.45, 2.75) is 37.8 Å². The smallest absolute Gasteiger partial charge is 0.319 e. The number of ether oxygens (including phenoxy) is 2. The van der Waals surface area contributed by atoms with Gasteiger partial charge in [-0.05, 0) is 38.8 Å². The maximum atomic E-state index is 12.5. The molecule has 8 heteroatoms. The van der Waals surface area contributed by atoms with Gasteiger partial charge < -0.3 is 19.7 Å². The van der Waals surface area contributed by atoms with Crippen LogP contribution in [0.4, 0.5) is 0 Å². The van der Waals surface area contributed by atoms with Gasteiger partial charge in [0.15, 0.2) is 0 Å². The molecule has 0 spiro atoms. The molecular weight excluding hydrogens is 348 g/mol. The Morgan fingerprint density at radius 1 is 0.963 bits per heavy atom. The Kier molecular flexibility index (Phi) is 7.87. The summed E-state index contributed by atoms with van der Waals surface area (Å²) in [7, 11) is 1.41. The summed E-state index contributed by atoms with van der Waals surface area (Å²) in [5.74, 6) is -0.0925. The van der Waals surface area contributed by atoms with Crippen LogP contribution in [0.3, 0.4) is 0 Å². The number of likely N-dealkylation sites (tertiary alicyclic amines) is 1. The molecule has 154 valence electrons. The summed E-state index contributed by atoms with van der Waals surface area (Å²) < 4.78 is 10.6. The van der Waals surface area contributed by atoms with E-state index in [1.165, 1.54) is 20.0 Å². The van der Waals surface area contributed by atoms with Crippen LogP contribution in [0.5, 0.6) is 0 Å². The summed E-state index contributed by atoms with van der Waals surface area (Å²) >= 11 is 0. The van der Waals surface area contributed by atoms with Crippen LogP contribution in [0.25, 0.3) is 0 Å². The van der Waals surface area contributed by atoms with Crippen molar-refractivity contribution in [2.24, 2.45) is 0 Å². The van der Waals surface area contributed by atoms with Crippen molar-refractivity contribution in [3.63, 3.8) is 0 Å². The van der Waals surface area contributed by atoms with Gasteiger partial charge in [0.2, 0.25) is 5.91 Å². The lowest BCUT2D eigenvalue weighted by molar-refractivity contribution is -0.143. The van der Waals surface area contributed by atoms with Crippen molar-refractivity contribution in [1.82, 2.24) is 20.0 Å². The highest BCUT2D eigenvalue weighted by atomic mass is 16.5. The van der Waals surface area contributed by atoms with Crippen LogP contribution in [0.2, 0.25) is 0 Å². The van der Waals surface area contributed by atoms with Gasteiger partial charge >= 0.3 is 5.97 Å². The molecule has 0 aliphatic carbocycles. The SMILES string of the molecule is COC(=O)CN1CCC(OCC(=O)N2CCN(C3CCNCC3)CC2)CC1. The topological polar surface area (TPSA) is 74.3 Å². The maximum Gasteiger partial charge on any atom is 0.319 e. The molecule has 3 heterocycles. The van der Waals surface area contributed by atoms with Crippen molar-refractivity contribution in [2.75, 3.05) is 72.6 Å². The number of esters is 1. The van der Waals surface area contributed by atoms with Gasteiger partial charge in [-0.3, -0.25) is 19.4 Å². The van der Waals surface area contributed by atoms with Gasteiger partial charge in [-0.1, -0.05) is 0 Å². The maximum absolute atomic E-state index is 12.5. The fourth-order valence-electron chi connectivity index (χ4n) is 4.27. The zero-order valence-electron chi connectivity index (χ0n) is 16.5. The second kappa shape index (κ2) is 10.4. The van der Waals surface area contributed by atoms with Gasteiger partial charge in [-0.25, -0.2) is 0 Å². The summed E-state index contributed by atoms with van der Waals surface area (Å²) in [5, 5.41) is 3.41. The van der Waals surface area contributed by atoms with E-state index in [2.05, 4.69) is 15.1 Å². The van der Waals surface area contributed by atoms with Crippen molar-refractivity contribution in [3.8, 4) is 0 Å². The van der Waals surface area contributed by atoms with E-state index in [9.17, 15) is 9.59 Å². The minimum atomic E-state index is -0.201. The first-order chi connectivity index (χ1) is 13.2. The fourth-order valence-corrected chi connectivity index (χ4v) is 4.27. The Hall–Kier alpha value is -1.22. The Morgan fingerprint density at radius 3 is 2.26 bits per heavy atom. The number of hydrogen-bond donors (Lipinski definition) is 1. The molecule has 3 rings (SSSR count). The molecule has 0 aromatic heterocycles. The first-order valence-corrected chi connectivity index (χ1v) is 10.3. The van der Waals surface area contributed by atoms with E-state index in [-0.39, 0.29) is 24.6 Å². The van der Waals surface area contributed by atoms with Crippen LogP contribution in [0, 0.1) is 0 Å².